The zero-order valence-corrected chi connectivity index (χ0v) is 11.7. The molecule has 1 amide bonds. The molecule has 0 aliphatic rings. The lowest BCUT2D eigenvalue weighted by molar-refractivity contribution is 0.0818. The molecule has 1 aromatic carbocycles. The van der Waals surface area contributed by atoms with Crippen LogP contribution in [0.5, 0.6) is 5.75 Å². The Balaban J connectivity index is 1.90. The quantitative estimate of drug-likeness (QED) is 0.822. The Bertz CT molecular complexity index is 629. The molecule has 2 aromatic rings. The van der Waals surface area contributed by atoms with Crippen molar-refractivity contribution in [3.63, 3.8) is 0 Å². The number of nitrogens with one attached hydrogen (secondary N) is 1. The van der Waals surface area contributed by atoms with Gasteiger partial charge in [-0.1, -0.05) is 12.1 Å². The van der Waals surface area contributed by atoms with E-state index in [1.54, 1.807) is 30.3 Å². The highest BCUT2D eigenvalue weighted by molar-refractivity contribution is 5.93. The van der Waals surface area contributed by atoms with Gasteiger partial charge in [-0.3, -0.25) is 4.79 Å². The summed E-state index contributed by atoms with van der Waals surface area (Å²) in [7, 11) is 0. The summed E-state index contributed by atoms with van der Waals surface area (Å²) in [5.74, 6) is 0.552. The highest BCUT2D eigenvalue weighted by atomic mass is 19.3. The first-order chi connectivity index (χ1) is 10.6. The number of alkyl halides is 2. The molecule has 0 bridgehead atoms. The van der Waals surface area contributed by atoms with Gasteiger partial charge in [0.15, 0.2) is 0 Å². The summed E-state index contributed by atoms with van der Waals surface area (Å²) >= 11 is 0. The fraction of sp³-hybridized carbons (Fsp3) is 0.267. The molecule has 0 saturated heterocycles. The van der Waals surface area contributed by atoms with Crippen LogP contribution >= 0.6 is 0 Å². The molecular weight excluding hydrogens is 294 g/mol. The largest absolute Gasteiger partial charge is 0.488 e. The highest BCUT2D eigenvalue weighted by Crippen LogP contribution is 2.14. The van der Waals surface area contributed by atoms with E-state index in [2.05, 4.69) is 5.32 Å². The van der Waals surface area contributed by atoms with Crippen LogP contribution in [0.15, 0.2) is 41.0 Å². The van der Waals surface area contributed by atoms with Gasteiger partial charge in [0.1, 0.15) is 24.4 Å². The van der Waals surface area contributed by atoms with Gasteiger partial charge in [-0.05, 0) is 23.8 Å². The maximum atomic E-state index is 12.1. The van der Waals surface area contributed by atoms with E-state index < -0.39 is 13.0 Å². The van der Waals surface area contributed by atoms with Crippen molar-refractivity contribution < 1.29 is 22.7 Å². The second-order valence-corrected chi connectivity index (χ2v) is 4.54. The van der Waals surface area contributed by atoms with Gasteiger partial charge in [0.05, 0.1) is 12.1 Å². The second-order valence-electron chi connectivity index (χ2n) is 4.54. The fourth-order valence-electron chi connectivity index (χ4n) is 1.80. The number of hydrogen-bond donors (Lipinski definition) is 2. The maximum Gasteiger partial charge on any atom is 0.272 e. The van der Waals surface area contributed by atoms with Crippen LogP contribution in [0, 0.1) is 0 Å². The summed E-state index contributed by atoms with van der Waals surface area (Å²) in [6, 6.07) is 8.18. The van der Waals surface area contributed by atoms with Gasteiger partial charge in [0, 0.05) is 6.54 Å². The summed E-state index contributed by atoms with van der Waals surface area (Å²) < 4.78 is 34.2. The van der Waals surface area contributed by atoms with E-state index in [4.69, 9.17) is 14.9 Å². The molecule has 0 aliphatic carbocycles. The van der Waals surface area contributed by atoms with Gasteiger partial charge >= 0.3 is 0 Å². The molecule has 0 saturated carbocycles. The minimum atomic E-state index is -2.53. The summed E-state index contributed by atoms with van der Waals surface area (Å²) in [5.41, 5.74) is 6.52. The first-order valence-corrected chi connectivity index (χ1v) is 6.64. The smallest absolute Gasteiger partial charge is 0.272 e. The van der Waals surface area contributed by atoms with Gasteiger partial charge in [0.25, 0.3) is 12.3 Å². The molecule has 0 unspecified atom stereocenters. The highest BCUT2D eigenvalue weighted by Gasteiger charge is 2.09. The van der Waals surface area contributed by atoms with Crippen LogP contribution < -0.4 is 15.8 Å². The number of benzene rings is 1. The van der Waals surface area contributed by atoms with Gasteiger partial charge in [-0.25, -0.2) is 8.78 Å². The van der Waals surface area contributed by atoms with Crippen molar-refractivity contribution >= 4 is 5.91 Å². The number of ether oxygens (including phenoxy) is 1. The Morgan fingerprint density at radius 1 is 1.36 bits per heavy atom. The molecule has 1 heterocycles. The summed E-state index contributed by atoms with van der Waals surface area (Å²) in [4.78, 5) is 11.9. The van der Waals surface area contributed by atoms with E-state index >= 15 is 0 Å². The number of rotatable bonds is 7. The zero-order valence-electron chi connectivity index (χ0n) is 11.7. The van der Waals surface area contributed by atoms with E-state index in [1.807, 2.05) is 0 Å². The number of hydrogen-bond acceptors (Lipinski definition) is 4. The lowest BCUT2D eigenvalue weighted by Gasteiger charge is -2.08. The van der Waals surface area contributed by atoms with Crippen molar-refractivity contribution in [2.24, 2.45) is 5.73 Å². The zero-order chi connectivity index (χ0) is 15.9. The van der Waals surface area contributed by atoms with Crippen molar-refractivity contribution in [3.8, 4) is 5.75 Å². The number of amides is 1. The monoisotopic (exact) mass is 310 g/mol. The van der Waals surface area contributed by atoms with Crippen molar-refractivity contribution in [3.05, 3.63) is 53.5 Å². The van der Waals surface area contributed by atoms with Crippen LogP contribution in [-0.4, -0.2) is 18.9 Å². The Hall–Kier alpha value is -2.41. The molecule has 0 spiro atoms. The summed E-state index contributed by atoms with van der Waals surface area (Å²) in [6.07, 6.45) is -1.19. The first-order valence-electron chi connectivity index (χ1n) is 6.64. The Morgan fingerprint density at radius 2 is 2.18 bits per heavy atom. The number of nitrogens with two attached hydrogens (primary N) is 1. The Morgan fingerprint density at radius 3 is 2.86 bits per heavy atom. The SMILES string of the molecule is NCc1cc(C(=O)NCc2cccc(OCC(F)F)c2)co1. The molecule has 1 aromatic heterocycles. The van der Waals surface area contributed by atoms with Gasteiger partial charge < -0.3 is 20.2 Å². The summed E-state index contributed by atoms with van der Waals surface area (Å²) in [6.45, 7) is -0.197. The van der Waals surface area contributed by atoms with E-state index in [0.29, 0.717) is 17.1 Å². The minimum Gasteiger partial charge on any atom is -0.488 e. The van der Waals surface area contributed by atoms with Crippen molar-refractivity contribution in [1.82, 2.24) is 5.32 Å². The average Bonchev–Trinajstić information content (AvgIpc) is 3.00. The average molecular weight is 310 g/mol. The van der Waals surface area contributed by atoms with E-state index in [9.17, 15) is 13.6 Å². The van der Waals surface area contributed by atoms with Crippen LogP contribution in [0.25, 0.3) is 0 Å². The van der Waals surface area contributed by atoms with E-state index in [0.717, 1.165) is 5.56 Å². The second kappa shape index (κ2) is 7.56. The van der Waals surface area contributed by atoms with Gasteiger partial charge in [0.2, 0.25) is 0 Å². The molecule has 0 aliphatic heterocycles. The molecule has 0 fully saturated rings. The molecule has 5 nitrogen and oxygen atoms in total. The van der Waals surface area contributed by atoms with Gasteiger partial charge in [-0.2, -0.15) is 0 Å². The molecule has 22 heavy (non-hydrogen) atoms. The topological polar surface area (TPSA) is 77.5 Å². The third-order valence-electron chi connectivity index (χ3n) is 2.84. The number of carbonyl (C=O) groups excluding carboxylic acids is 1. The standard InChI is InChI=1S/C15H16F2N2O3/c16-14(17)9-22-12-3-1-2-10(4-12)7-19-15(20)11-5-13(6-18)21-8-11/h1-5,8,14H,6-7,9,18H2,(H,19,20). The Labute approximate surface area is 126 Å². The molecule has 0 radical (unpaired) electrons. The minimum absolute atomic E-state index is 0.219. The molecule has 3 N–H and O–H groups in total. The molecular formula is C15H16F2N2O3. The molecule has 7 heteroatoms. The number of carbonyl (C=O) groups is 1. The predicted octanol–water partition coefficient (Wildman–Crippen LogP) is 2.31. The van der Waals surface area contributed by atoms with Gasteiger partial charge in [-0.15, -0.1) is 0 Å². The van der Waals surface area contributed by atoms with Crippen molar-refractivity contribution in [2.75, 3.05) is 6.61 Å². The lowest BCUT2D eigenvalue weighted by Crippen LogP contribution is -2.22. The van der Waals surface area contributed by atoms with Crippen LogP contribution in [0.1, 0.15) is 21.7 Å². The third-order valence-corrected chi connectivity index (χ3v) is 2.84. The van der Waals surface area contributed by atoms with Crippen LogP contribution in [-0.2, 0) is 13.1 Å². The molecule has 2 rings (SSSR count). The molecule has 118 valence electrons. The predicted molar refractivity (Wildman–Crippen MR) is 75.7 cm³/mol. The summed E-state index contributed by atoms with van der Waals surface area (Å²) in [5, 5.41) is 2.70. The third kappa shape index (κ3) is 4.56. The van der Waals surface area contributed by atoms with E-state index in [-0.39, 0.29) is 19.0 Å². The van der Waals surface area contributed by atoms with Crippen molar-refractivity contribution in [2.45, 2.75) is 19.5 Å². The van der Waals surface area contributed by atoms with E-state index in [1.165, 1.54) is 6.26 Å². The van der Waals surface area contributed by atoms with Crippen molar-refractivity contribution in [1.29, 1.82) is 0 Å². The van der Waals surface area contributed by atoms with Crippen LogP contribution in [0.4, 0.5) is 8.78 Å². The lowest BCUT2D eigenvalue weighted by atomic mass is 10.2. The Kier molecular flexibility index (Phi) is 5.48. The van der Waals surface area contributed by atoms with Crippen LogP contribution in [0.3, 0.4) is 0 Å². The first kappa shape index (κ1) is 16.0. The number of halogens is 2. The van der Waals surface area contributed by atoms with Crippen LogP contribution in [0.2, 0.25) is 0 Å². The maximum absolute atomic E-state index is 12.1. The molecule has 0 atom stereocenters. The fourth-order valence-corrected chi connectivity index (χ4v) is 1.80. The number of furan rings is 1. The normalized spacial score (nSPS) is 10.7.